The molecule has 0 bridgehead atoms. The number of benzene rings is 1. The van der Waals surface area contributed by atoms with Gasteiger partial charge in [0.05, 0.1) is 16.6 Å². The van der Waals surface area contributed by atoms with Gasteiger partial charge in [-0.1, -0.05) is 6.92 Å². The van der Waals surface area contributed by atoms with Gasteiger partial charge in [0.1, 0.15) is 18.1 Å². The fourth-order valence-corrected chi connectivity index (χ4v) is 4.42. The first kappa shape index (κ1) is 21.4. The average Bonchev–Trinajstić information content (AvgIpc) is 3.17. The molecule has 1 aromatic carbocycles. The van der Waals surface area contributed by atoms with Crippen LogP contribution in [0.4, 0.5) is 13.2 Å². The molecule has 3 aromatic heterocycles. The van der Waals surface area contributed by atoms with Crippen molar-refractivity contribution in [2.75, 3.05) is 12.9 Å². The Bertz CT molecular complexity index is 1350. The number of imidazole rings is 2. The summed E-state index contributed by atoms with van der Waals surface area (Å²) in [7, 11) is 4.90. The van der Waals surface area contributed by atoms with Crippen LogP contribution < -0.4 is 5.69 Å². The molecule has 0 spiro atoms. The minimum atomic E-state index is -4.50. The number of hydrogen-bond donors (Lipinski definition) is 0. The number of alkyl halides is 3. The zero-order valence-corrected chi connectivity index (χ0v) is 18.1. The first-order valence-electron chi connectivity index (χ1n) is 9.42. The van der Waals surface area contributed by atoms with Gasteiger partial charge in [0.2, 0.25) is 0 Å². The molecule has 0 radical (unpaired) electrons. The Kier molecular flexibility index (Phi) is 5.34. The molecule has 0 saturated heterocycles. The largest absolute Gasteiger partial charge is 0.417 e. The van der Waals surface area contributed by atoms with Crippen molar-refractivity contribution in [3.8, 4) is 11.4 Å². The van der Waals surface area contributed by atoms with Crippen LogP contribution >= 0.6 is 11.8 Å². The highest BCUT2D eigenvalue weighted by Crippen LogP contribution is 2.36. The normalized spacial score (nSPS) is 12.4. The van der Waals surface area contributed by atoms with Gasteiger partial charge in [-0.3, -0.25) is 9.13 Å². The Balaban J connectivity index is 2.01. The second-order valence-corrected chi connectivity index (χ2v) is 8.32. The number of thioether (sulfide) groups is 1. The lowest BCUT2D eigenvalue weighted by Gasteiger charge is -2.10. The zero-order chi connectivity index (χ0) is 22.5. The minimum absolute atomic E-state index is 0.0783. The summed E-state index contributed by atoms with van der Waals surface area (Å²) in [5.41, 5.74) is 1.53. The molecule has 0 atom stereocenters. The monoisotopic (exact) mass is 451 g/mol. The molecule has 0 unspecified atom stereocenters. The summed E-state index contributed by atoms with van der Waals surface area (Å²) >= 11 is 1.57. The SMILES string of the molecule is CCSc1cc2c(cc1-c1nc3cc(C(F)(F)F)cnc3n1C)n(COC)c(=O)n2C. The third-order valence-electron chi connectivity index (χ3n) is 5.08. The first-order chi connectivity index (χ1) is 14.7. The number of methoxy groups -OCH3 is 1. The van der Waals surface area contributed by atoms with E-state index in [1.807, 2.05) is 19.1 Å². The summed E-state index contributed by atoms with van der Waals surface area (Å²) in [5, 5.41) is 0. The smallest absolute Gasteiger partial charge is 0.364 e. The number of pyridine rings is 1. The molecule has 164 valence electrons. The van der Waals surface area contributed by atoms with Crippen molar-refractivity contribution < 1.29 is 17.9 Å². The lowest BCUT2D eigenvalue weighted by atomic mass is 10.2. The van der Waals surface area contributed by atoms with Crippen LogP contribution in [0.3, 0.4) is 0 Å². The molecule has 11 heteroatoms. The highest BCUT2D eigenvalue weighted by molar-refractivity contribution is 7.99. The number of nitrogens with zero attached hydrogens (tertiary/aromatic N) is 5. The van der Waals surface area contributed by atoms with Gasteiger partial charge in [-0.25, -0.2) is 14.8 Å². The van der Waals surface area contributed by atoms with Crippen molar-refractivity contribution in [1.29, 1.82) is 0 Å². The molecular formula is C20H20F3N5O2S. The van der Waals surface area contributed by atoms with Crippen molar-refractivity contribution in [3.63, 3.8) is 0 Å². The highest BCUT2D eigenvalue weighted by Gasteiger charge is 2.32. The van der Waals surface area contributed by atoms with E-state index in [9.17, 15) is 18.0 Å². The van der Waals surface area contributed by atoms with Crippen LogP contribution in [0.5, 0.6) is 0 Å². The van der Waals surface area contributed by atoms with Crippen molar-refractivity contribution in [3.05, 3.63) is 40.4 Å². The molecule has 4 aromatic rings. The highest BCUT2D eigenvalue weighted by atomic mass is 32.2. The standard InChI is InChI=1S/C20H20F3N5O2S/c1-5-31-16-8-14-15(28(10-30-4)19(29)26(14)2)7-12(16)17-25-13-6-11(20(21,22)23)9-24-18(13)27(17)3/h6-9H,5,10H2,1-4H3. The van der Waals surface area contributed by atoms with Crippen molar-refractivity contribution in [1.82, 2.24) is 23.7 Å². The van der Waals surface area contributed by atoms with E-state index in [0.29, 0.717) is 22.6 Å². The van der Waals surface area contributed by atoms with E-state index >= 15 is 0 Å². The summed E-state index contributed by atoms with van der Waals surface area (Å²) in [6.07, 6.45) is -3.69. The van der Waals surface area contributed by atoms with Gasteiger partial charge in [-0.05, 0) is 24.0 Å². The van der Waals surface area contributed by atoms with Crippen LogP contribution in [0.15, 0.2) is 34.1 Å². The predicted octanol–water partition coefficient (Wildman–Crippen LogP) is 4.02. The predicted molar refractivity (Wildman–Crippen MR) is 113 cm³/mol. The number of halogens is 3. The summed E-state index contributed by atoms with van der Waals surface area (Å²) in [6.45, 7) is 2.08. The van der Waals surface area contributed by atoms with Gasteiger partial charge < -0.3 is 9.30 Å². The molecule has 3 heterocycles. The molecule has 0 amide bonds. The Morgan fingerprint density at radius 1 is 1.13 bits per heavy atom. The van der Waals surface area contributed by atoms with Crippen molar-refractivity contribution in [2.45, 2.75) is 24.7 Å². The molecule has 0 saturated carbocycles. The number of ether oxygens (including phenoxy) is 1. The molecule has 0 aliphatic carbocycles. The van der Waals surface area contributed by atoms with Gasteiger partial charge in [0.15, 0.2) is 5.65 Å². The summed E-state index contributed by atoms with van der Waals surface area (Å²) in [6, 6.07) is 4.74. The van der Waals surface area contributed by atoms with E-state index in [4.69, 9.17) is 4.74 Å². The molecule has 4 rings (SSSR count). The Morgan fingerprint density at radius 2 is 1.87 bits per heavy atom. The lowest BCUT2D eigenvalue weighted by Crippen LogP contribution is -2.22. The Hall–Kier alpha value is -2.79. The second kappa shape index (κ2) is 7.72. The van der Waals surface area contributed by atoms with Gasteiger partial charge in [-0.15, -0.1) is 11.8 Å². The maximum absolute atomic E-state index is 13.1. The van der Waals surface area contributed by atoms with Crippen molar-refractivity contribution in [2.24, 2.45) is 14.1 Å². The molecule has 0 fully saturated rings. The van der Waals surface area contributed by atoms with E-state index in [1.54, 1.807) is 35.0 Å². The Labute approximate surface area is 179 Å². The zero-order valence-electron chi connectivity index (χ0n) is 17.3. The number of aryl methyl sites for hydroxylation is 2. The maximum Gasteiger partial charge on any atom is 0.417 e. The molecule has 0 N–H and O–H groups in total. The lowest BCUT2D eigenvalue weighted by molar-refractivity contribution is -0.137. The third-order valence-corrected chi connectivity index (χ3v) is 6.02. The summed E-state index contributed by atoms with van der Waals surface area (Å²) in [5.74, 6) is 1.24. The quantitative estimate of drug-likeness (QED) is 0.429. The average molecular weight is 451 g/mol. The van der Waals surface area contributed by atoms with Crippen LogP contribution in [0.2, 0.25) is 0 Å². The molecule has 31 heavy (non-hydrogen) atoms. The van der Waals surface area contributed by atoms with Gasteiger partial charge in [-0.2, -0.15) is 13.2 Å². The Morgan fingerprint density at radius 3 is 2.52 bits per heavy atom. The van der Waals surface area contributed by atoms with Gasteiger partial charge in [0.25, 0.3) is 0 Å². The van der Waals surface area contributed by atoms with Crippen molar-refractivity contribution >= 4 is 34.0 Å². The van der Waals surface area contributed by atoms with Gasteiger partial charge in [0, 0.05) is 37.9 Å². The van der Waals surface area contributed by atoms with E-state index in [1.165, 1.54) is 11.7 Å². The van der Waals surface area contributed by atoms with Crippen LogP contribution in [-0.4, -0.2) is 36.5 Å². The number of aromatic nitrogens is 5. The van der Waals surface area contributed by atoms with Crippen LogP contribution in [0.1, 0.15) is 12.5 Å². The fraction of sp³-hybridized carbons (Fsp3) is 0.350. The minimum Gasteiger partial charge on any atom is -0.364 e. The maximum atomic E-state index is 13.1. The van der Waals surface area contributed by atoms with Crippen LogP contribution in [0, 0.1) is 0 Å². The molecular weight excluding hydrogens is 431 g/mol. The van der Waals surface area contributed by atoms with E-state index in [2.05, 4.69) is 9.97 Å². The third kappa shape index (κ3) is 3.51. The van der Waals surface area contributed by atoms with E-state index in [0.717, 1.165) is 28.4 Å². The molecule has 0 aliphatic heterocycles. The topological polar surface area (TPSA) is 66.9 Å². The molecule has 7 nitrogen and oxygen atoms in total. The summed E-state index contributed by atoms with van der Waals surface area (Å²) in [4.78, 5) is 22.0. The van der Waals surface area contributed by atoms with E-state index < -0.39 is 11.7 Å². The summed E-state index contributed by atoms with van der Waals surface area (Å²) < 4.78 is 49.2. The fourth-order valence-electron chi connectivity index (χ4n) is 3.61. The van der Waals surface area contributed by atoms with Crippen LogP contribution in [0.25, 0.3) is 33.6 Å². The second-order valence-electron chi connectivity index (χ2n) is 7.02. The first-order valence-corrected chi connectivity index (χ1v) is 10.4. The van der Waals surface area contributed by atoms with Gasteiger partial charge >= 0.3 is 11.9 Å². The number of fused-ring (bicyclic) bond motifs is 2. The van der Waals surface area contributed by atoms with E-state index in [-0.39, 0.29) is 17.9 Å². The molecule has 0 aliphatic rings. The van der Waals surface area contributed by atoms with Crippen LogP contribution in [-0.2, 0) is 31.7 Å². The number of hydrogen-bond acceptors (Lipinski definition) is 5. The number of rotatable bonds is 5.